The van der Waals surface area contributed by atoms with Crippen LogP contribution in [0.3, 0.4) is 0 Å². The number of fused-ring (bicyclic) bond motifs is 1. The Labute approximate surface area is 153 Å². The van der Waals surface area contributed by atoms with Crippen molar-refractivity contribution in [2.75, 3.05) is 7.05 Å². The first-order chi connectivity index (χ1) is 12.2. The van der Waals surface area contributed by atoms with Gasteiger partial charge in [-0.2, -0.15) is 19.0 Å². The molecule has 3 rings (SSSR count). The van der Waals surface area contributed by atoms with Gasteiger partial charge in [-0.3, -0.25) is 9.48 Å². The largest absolute Gasteiger partial charge is 0.364 e. The van der Waals surface area contributed by atoms with Gasteiger partial charge in [-0.1, -0.05) is 0 Å². The number of hydrogen-bond donors (Lipinski definition) is 0. The molecule has 0 N–H and O–H groups in total. The molecule has 7 nitrogen and oxygen atoms in total. The van der Waals surface area contributed by atoms with Crippen molar-refractivity contribution >= 4 is 23.2 Å². The minimum atomic E-state index is -3.63. The standard InChI is InChI=1S/C16H17ClF2N6O/c1-4-24-6-5-11(21-24)9-23(3)15(26)12-8-14-20-10(2)7-13(16(17,18)19)25(14)22-12/h5-8H,4,9H2,1-3H3. The van der Waals surface area contributed by atoms with Crippen molar-refractivity contribution in [2.24, 2.45) is 0 Å². The number of alkyl halides is 3. The quantitative estimate of drug-likeness (QED) is 0.636. The Morgan fingerprint density at radius 3 is 2.69 bits per heavy atom. The molecule has 0 bridgehead atoms. The van der Waals surface area contributed by atoms with Crippen molar-refractivity contribution in [2.45, 2.75) is 32.3 Å². The highest BCUT2D eigenvalue weighted by Crippen LogP contribution is 2.32. The van der Waals surface area contributed by atoms with Crippen LogP contribution >= 0.6 is 11.6 Å². The molecule has 0 saturated carbocycles. The van der Waals surface area contributed by atoms with E-state index in [9.17, 15) is 13.6 Å². The molecule has 10 heteroatoms. The van der Waals surface area contributed by atoms with Crippen molar-refractivity contribution < 1.29 is 13.6 Å². The van der Waals surface area contributed by atoms with E-state index in [0.717, 1.165) is 17.1 Å². The van der Waals surface area contributed by atoms with Gasteiger partial charge in [0.25, 0.3) is 5.91 Å². The van der Waals surface area contributed by atoms with Crippen molar-refractivity contribution in [1.82, 2.24) is 29.3 Å². The Bertz CT molecular complexity index is 961. The molecular weight excluding hydrogens is 366 g/mol. The summed E-state index contributed by atoms with van der Waals surface area (Å²) in [7, 11) is 1.59. The summed E-state index contributed by atoms with van der Waals surface area (Å²) in [4.78, 5) is 18.2. The van der Waals surface area contributed by atoms with Gasteiger partial charge in [-0.05, 0) is 37.6 Å². The average molecular weight is 383 g/mol. The van der Waals surface area contributed by atoms with Crippen LogP contribution in [0.15, 0.2) is 24.4 Å². The zero-order valence-corrected chi connectivity index (χ0v) is 15.2. The molecule has 26 heavy (non-hydrogen) atoms. The average Bonchev–Trinajstić information content (AvgIpc) is 3.18. The summed E-state index contributed by atoms with van der Waals surface area (Å²) in [5.74, 6) is -0.428. The van der Waals surface area contributed by atoms with Crippen LogP contribution in [0.4, 0.5) is 8.78 Å². The Morgan fingerprint density at radius 2 is 2.08 bits per heavy atom. The summed E-state index contributed by atoms with van der Waals surface area (Å²) >= 11 is 5.16. The molecule has 0 radical (unpaired) electrons. The fraction of sp³-hybridized carbons (Fsp3) is 0.375. The summed E-state index contributed by atoms with van der Waals surface area (Å²) in [6.45, 7) is 4.52. The molecule has 3 aromatic heterocycles. The topological polar surface area (TPSA) is 68.3 Å². The first-order valence-electron chi connectivity index (χ1n) is 7.91. The van der Waals surface area contributed by atoms with Crippen LogP contribution in [0.2, 0.25) is 0 Å². The highest BCUT2D eigenvalue weighted by Gasteiger charge is 2.33. The third kappa shape index (κ3) is 3.52. The zero-order chi connectivity index (χ0) is 19.1. The van der Waals surface area contributed by atoms with Gasteiger partial charge in [0, 0.05) is 31.5 Å². The molecule has 0 unspecified atom stereocenters. The van der Waals surface area contributed by atoms with Crippen molar-refractivity contribution in [1.29, 1.82) is 0 Å². The first-order valence-corrected chi connectivity index (χ1v) is 8.29. The molecule has 0 aromatic carbocycles. The van der Waals surface area contributed by atoms with Crippen LogP contribution in [0.25, 0.3) is 5.65 Å². The highest BCUT2D eigenvalue weighted by molar-refractivity contribution is 6.21. The summed E-state index contributed by atoms with van der Waals surface area (Å²) in [5.41, 5.74) is 0.665. The molecule has 3 heterocycles. The Kier molecular flexibility index (Phi) is 4.66. The molecule has 0 aliphatic rings. The Morgan fingerprint density at radius 1 is 1.35 bits per heavy atom. The second-order valence-electron chi connectivity index (χ2n) is 5.90. The van der Waals surface area contributed by atoms with Gasteiger partial charge in [0.15, 0.2) is 11.3 Å². The molecule has 1 amide bonds. The third-order valence-corrected chi connectivity index (χ3v) is 4.02. The number of halogens is 3. The Balaban J connectivity index is 1.90. The molecule has 3 aromatic rings. The lowest BCUT2D eigenvalue weighted by molar-refractivity contribution is 0.0771. The maximum atomic E-state index is 13.6. The van der Waals surface area contributed by atoms with Crippen LogP contribution in [0, 0.1) is 6.92 Å². The van der Waals surface area contributed by atoms with Gasteiger partial charge in [0.2, 0.25) is 0 Å². The summed E-state index contributed by atoms with van der Waals surface area (Å²) in [6.07, 6.45) is 1.82. The van der Waals surface area contributed by atoms with Gasteiger partial charge in [-0.25, -0.2) is 9.50 Å². The predicted molar refractivity (Wildman–Crippen MR) is 91.2 cm³/mol. The van der Waals surface area contributed by atoms with E-state index in [-0.39, 0.29) is 17.9 Å². The Hall–Kier alpha value is -2.55. The molecule has 0 spiro atoms. The maximum Gasteiger partial charge on any atom is 0.364 e. The fourth-order valence-electron chi connectivity index (χ4n) is 2.58. The van der Waals surface area contributed by atoms with E-state index in [1.807, 2.05) is 19.2 Å². The second-order valence-corrected chi connectivity index (χ2v) is 6.38. The maximum absolute atomic E-state index is 13.6. The van der Waals surface area contributed by atoms with Gasteiger partial charge in [-0.15, -0.1) is 0 Å². The normalized spacial score (nSPS) is 11.9. The highest BCUT2D eigenvalue weighted by atomic mass is 35.5. The van der Waals surface area contributed by atoms with Crippen LogP contribution < -0.4 is 0 Å². The van der Waals surface area contributed by atoms with Crippen LogP contribution in [0.1, 0.15) is 34.5 Å². The van der Waals surface area contributed by atoms with E-state index < -0.39 is 17.0 Å². The smallest absolute Gasteiger partial charge is 0.334 e. The van der Waals surface area contributed by atoms with E-state index in [1.165, 1.54) is 11.0 Å². The minimum Gasteiger partial charge on any atom is -0.334 e. The van der Waals surface area contributed by atoms with Crippen molar-refractivity contribution in [3.05, 3.63) is 47.2 Å². The number of hydrogen-bond acceptors (Lipinski definition) is 4. The van der Waals surface area contributed by atoms with Crippen LogP contribution in [0.5, 0.6) is 0 Å². The molecule has 0 fully saturated rings. The van der Waals surface area contributed by atoms with Gasteiger partial charge >= 0.3 is 5.38 Å². The lowest BCUT2D eigenvalue weighted by Crippen LogP contribution is -2.27. The zero-order valence-electron chi connectivity index (χ0n) is 14.4. The molecule has 138 valence electrons. The van der Waals surface area contributed by atoms with Crippen molar-refractivity contribution in [3.8, 4) is 0 Å². The molecular formula is C16H17ClF2N6O. The number of rotatable bonds is 5. The SMILES string of the molecule is CCn1ccc(CN(C)C(=O)c2cc3nc(C)cc(C(F)(F)Cl)n3n2)n1. The molecule has 0 aliphatic heterocycles. The second kappa shape index (κ2) is 6.64. The van der Waals surface area contributed by atoms with E-state index in [1.54, 1.807) is 18.7 Å². The minimum absolute atomic E-state index is 0.00249. The predicted octanol–water partition coefficient (Wildman–Crippen LogP) is 2.81. The molecule has 0 aliphatic carbocycles. The fourth-order valence-corrected chi connectivity index (χ4v) is 2.72. The number of nitrogens with zero attached hydrogens (tertiary/aromatic N) is 6. The molecule has 0 saturated heterocycles. The summed E-state index contributed by atoms with van der Waals surface area (Å²) in [5, 5.41) is 4.66. The number of aryl methyl sites for hydroxylation is 2. The van der Waals surface area contributed by atoms with Crippen LogP contribution in [-0.4, -0.2) is 42.2 Å². The van der Waals surface area contributed by atoms with E-state index >= 15 is 0 Å². The van der Waals surface area contributed by atoms with E-state index in [4.69, 9.17) is 11.6 Å². The first kappa shape index (κ1) is 18.2. The summed E-state index contributed by atoms with van der Waals surface area (Å²) in [6, 6.07) is 4.32. The monoisotopic (exact) mass is 382 g/mol. The number of amides is 1. The van der Waals surface area contributed by atoms with Crippen LogP contribution in [-0.2, 0) is 18.5 Å². The number of carbonyl (C=O) groups is 1. The lowest BCUT2D eigenvalue weighted by atomic mass is 10.3. The van der Waals surface area contributed by atoms with Crippen molar-refractivity contribution in [3.63, 3.8) is 0 Å². The van der Waals surface area contributed by atoms with E-state index in [0.29, 0.717) is 11.4 Å². The van der Waals surface area contributed by atoms with Gasteiger partial charge < -0.3 is 4.90 Å². The number of aromatic nitrogens is 5. The molecule has 0 atom stereocenters. The third-order valence-electron chi connectivity index (χ3n) is 3.83. The lowest BCUT2D eigenvalue weighted by Gasteiger charge is -2.14. The van der Waals surface area contributed by atoms with Gasteiger partial charge in [0.05, 0.1) is 12.2 Å². The summed E-state index contributed by atoms with van der Waals surface area (Å²) < 4.78 is 29.9. The van der Waals surface area contributed by atoms with E-state index in [2.05, 4.69) is 15.2 Å². The van der Waals surface area contributed by atoms with Gasteiger partial charge in [0.1, 0.15) is 5.69 Å². The number of carbonyl (C=O) groups excluding carboxylic acids is 1.